The molecular formula is C27H31N3O5S. The molecule has 3 aromatic rings. The third kappa shape index (κ3) is 6.56. The summed E-state index contributed by atoms with van der Waals surface area (Å²) in [6.07, 6.45) is 1.18. The van der Waals surface area contributed by atoms with Crippen molar-refractivity contribution in [3.8, 4) is 5.75 Å². The number of rotatable bonds is 9. The van der Waals surface area contributed by atoms with Gasteiger partial charge in [-0.15, -0.1) is 0 Å². The lowest BCUT2D eigenvalue weighted by Gasteiger charge is -2.28. The standard InChI is InChI=1S/C27H31N3O5S/c1-3-35-26-14-12-25(13-15-26)30(36(2,32)33)20-21-4-6-22(7-5-21)27(31)28-23-8-10-24(11-9-23)29-16-18-34-19-17-29/h4-15H,3,16-20H2,1-2H3,(H,28,31). The predicted molar refractivity (Wildman–Crippen MR) is 143 cm³/mol. The minimum absolute atomic E-state index is 0.151. The van der Waals surface area contributed by atoms with E-state index >= 15 is 0 Å². The van der Waals surface area contributed by atoms with E-state index in [0.29, 0.717) is 29.3 Å². The van der Waals surface area contributed by atoms with Crippen LogP contribution in [0.2, 0.25) is 0 Å². The predicted octanol–water partition coefficient (Wildman–Crippen LogP) is 4.14. The first-order valence-electron chi connectivity index (χ1n) is 11.9. The molecule has 9 heteroatoms. The summed E-state index contributed by atoms with van der Waals surface area (Å²) in [6.45, 7) is 5.73. The maximum absolute atomic E-state index is 12.7. The van der Waals surface area contributed by atoms with Crippen molar-refractivity contribution >= 4 is 33.0 Å². The molecule has 0 aromatic heterocycles. The minimum Gasteiger partial charge on any atom is -0.494 e. The number of ether oxygens (including phenoxy) is 2. The molecule has 1 saturated heterocycles. The van der Waals surface area contributed by atoms with E-state index in [2.05, 4.69) is 10.2 Å². The Bertz CT molecular complexity index is 1250. The molecule has 0 aliphatic carbocycles. The maximum Gasteiger partial charge on any atom is 0.255 e. The van der Waals surface area contributed by atoms with Gasteiger partial charge in [0, 0.05) is 30.0 Å². The summed E-state index contributed by atoms with van der Waals surface area (Å²) in [5, 5.41) is 2.91. The van der Waals surface area contributed by atoms with Crippen molar-refractivity contribution in [1.82, 2.24) is 0 Å². The van der Waals surface area contributed by atoms with Gasteiger partial charge in [-0.2, -0.15) is 0 Å². The van der Waals surface area contributed by atoms with Gasteiger partial charge in [0.15, 0.2) is 0 Å². The number of carbonyl (C=O) groups excluding carboxylic acids is 1. The van der Waals surface area contributed by atoms with Crippen LogP contribution in [0.4, 0.5) is 17.1 Å². The van der Waals surface area contributed by atoms with Crippen molar-refractivity contribution in [2.75, 3.05) is 53.7 Å². The number of carbonyl (C=O) groups is 1. The van der Waals surface area contributed by atoms with Crippen LogP contribution in [0.5, 0.6) is 5.75 Å². The number of anilines is 3. The lowest BCUT2D eigenvalue weighted by Crippen LogP contribution is -2.36. The van der Waals surface area contributed by atoms with E-state index in [0.717, 1.165) is 37.6 Å². The number of benzene rings is 3. The molecule has 0 saturated carbocycles. The zero-order valence-electron chi connectivity index (χ0n) is 20.5. The van der Waals surface area contributed by atoms with Gasteiger partial charge in [0.05, 0.1) is 38.3 Å². The van der Waals surface area contributed by atoms with Crippen LogP contribution < -0.4 is 19.3 Å². The Morgan fingerprint density at radius 2 is 1.61 bits per heavy atom. The van der Waals surface area contributed by atoms with Crippen molar-refractivity contribution in [3.05, 3.63) is 83.9 Å². The number of sulfonamides is 1. The van der Waals surface area contributed by atoms with Gasteiger partial charge in [-0.05, 0) is 73.2 Å². The van der Waals surface area contributed by atoms with Crippen molar-refractivity contribution in [3.63, 3.8) is 0 Å². The molecule has 0 atom stereocenters. The van der Waals surface area contributed by atoms with E-state index in [1.807, 2.05) is 31.2 Å². The van der Waals surface area contributed by atoms with Crippen molar-refractivity contribution < 1.29 is 22.7 Å². The van der Waals surface area contributed by atoms with Crippen molar-refractivity contribution in [1.29, 1.82) is 0 Å². The van der Waals surface area contributed by atoms with Crippen molar-refractivity contribution in [2.45, 2.75) is 13.5 Å². The molecule has 1 heterocycles. The summed E-state index contributed by atoms with van der Waals surface area (Å²) < 4.78 is 37.1. The molecule has 0 radical (unpaired) electrons. The Balaban J connectivity index is 1.40. The van der Waals surface area contributed by atoms with Gasteiger partial charge in [-0.1, -0.05) is 12.1 Å². The van der Waals surface area contributed by atoms with Crippen LogP contribution in [0.25, 0.3) is 0 Å². The first kappa shape index (κ1) is 25.5. The van der Waals surface area contributed by atoms with Gasteiger partial charge in [0.1, 0.15) is 5.75 Å². The second-order valence-corrected chi connectivity index (χ2v) is 10.4. The molecule has 190 valence electrons. The smallest absolute Gasteiger partial charge is 0.255 e. The van der Waals surface area contributed by atoms with Gasteiger partial charge in [0.25, 0.3) is 5.91 Å². The molecule has 1 amide bonds. The quantitative estimate of drug-likeness (QED) is 0.467. The summed E-state index contributed by atoms with van der Waals surface area (Å²) in [5.41, 5.74) is 3.61. The number of hydrogen-bond donors (Lipinski definition) is 1. The second kappa shape index (κ2) is 11.5. The summed E-state index contributed by atoms with van der Waals surface area (Å²) in [4.78, 5) is 15.0. The highest BCUT2D eigenvalue weighted by molar-refractivity contribution is 7.92. The molecule has 1 N–H and O–H groups in total. The highest BCUT2D eigenvalue weighted by Gasteiger charge is 2.18. The topological polar surface area (TPSA) is 88.2 Å². The number of morpholine rings is 1. The molecule has 0 bridgehead atoms. The van der Waals surface area contributed by atoms with Crippen LogP contribution in [-0.2, 0) is 21.3 Å². The van der Waals surface area contributed by atoms with E-state index in [9.17, 15) is 13.2 Å². The fourth-order valence-corrected chi connectivity index (χ4v) is 4.87. The molecule has 4 rings (SSSR count). The van der Waals surface area contributed by atoms with Crippen LogP contribution in [0.15, 0.2) is 72.8 Å². The molecule has 0 spiro atoms. The Morgan fingerprint density at radius 3 is 2.19 bits per heavy atom. The van der Waals surface area contributed by atoms with E-state index in [1.54, 1.807) is 48.5 Å². The summed E-state index contributed by atoms with van der Waals surface area (Å²) in [5.74, 6) is 0.452. The van der Waals surface area contributed by atoms with Gasteiger partial charge < -0.3 is 19.7 Å². The first-order valence-corrected chi connectivity index (χ1v) is 13.7. The largest absolute Gasteiger partial charge is 0.494 e. The van der Waals surface area contributed by atoms with Gasteiger partial charge in [0.2, 0.25) is 10.0 Å². The fourth-order valence-electron chi connectivity index (χ4n) is 3.98. The van der Waals surface area contributed by atoms with Crippen LogP contribution in [-0.4, -0.2) is 53.5 Å². The molecule has 3 aromatic carbocycles. The number of amides is 1. The lowest BCUT2D eigenvalue weighted by molar-refractivity contribution is 0.102. The zero-order valence-corrected chi connectivity index (χ0v) is 21.3. The van der Waals surface area contributed by atoms with E-state index in [1.165, 1.54) is 10.6 Å². The Labute approximate surface area is 212 Å². The van der Waals surface area contributed by atoms with Crippen LogP contribution in [0, 0.1) is 0 Å². The molecule has 0 unspecified atom stereocenters. The Morgan fingerprint density at radius 1 is 0.972 bits per heavy atom. The molecule has 1 aliphatic rings. The Kier molecular flexibility index (Phi) is 8.12. The van der Waals surface area contributed by atoms with E-state index < -0.39 is 10.0 Å². The molecule has 1 fully saturated rings. The van der Waals surface area contributed by atoms with Crippen LogP contribution in [0.3, 0.4) is 0 Å². The number of nitrogens with one attached hydrogen (secondary N) is 1. The van der Waals surface area contributed by atoms with E-state index in [-0.39, 0.29) is 12.5 Å². The minimum atomic E-state index is -3.52. The normalized spacial score (nSPS) is 13.8. The van der Waals surface area contributed by atoms with Gasteiger partial charge >= 0.3 is 0 Å². The number of nitrogens with zero attached hydrogens (tertiary/aromatic N) is 2. The van der Waals surface area contributed by atoms with Crippen molar-refractivity contribution in [2.24, 2.45) is 0 Å². The molecule has 1 aliphatic heterocycles. The van der Waals surface area contributed by atoms with Crippen LogP contribution >= 0.6 is 0 Å². The monoisotopic (exact) mass is 509 g/mol. The second-order valence-electron chi connectivity index (χ2n) is 8.49. The third-order valence-electron chi connectivity index (χ3n) is 5.88. The zero-order chi connectivity index (χ0) is 25.5. The van der Waals surface area contributed by atoms with Gasteiger partial charge in [-0.3, -0.25) is 9.10 Å². The highest BCUT2D eigenvalue weighted by Crippen LogP contribution is 2.24. The SMILES string of the molecule is CCOc1ccc(N(Cc2ccc(C(=O)Nc3ccc(N4CCOCC4)cc3)cc2)S(C)(=O)=O)cc1. The van der Waals surface area contributed by atoms with Crippen LogP contribution in [0.1, 0.15) is 22.8 Å². The summed E-state index contributed by atoms with van der Waals surface area (Å²) in [7, 11) is -3.52. The molecular weight excluding hydrogens is 478 g/mol. The maximum atomic E-state index is 12.7. The fraction of sp³-hybridized carbons (Fsp3) is 0.296. The summed E-state index contributed by atoms with van der Waals surface area (Å²) >= 11 is 0. The number of hydrogen-bond acceptors (Lipinski definition) is 6. The van der Waals surface area contributed by atoms with Gasteiger partial charge in [-0.25, -0.2) is 8.42 Å². The highest BCUT2D eigenvalue weighted by atomic mass is 32.2. The average Bonchev–Trinajstić information content (AvgIpc) is 2.89. The first-order chi connectivity index (χ1) is 17.3. The molecule has 8 nitrogen and oxygen atoms in total. The Hall–Kier alpha value is -3.56. The average molecular weight is 510 g/mol. The third-order valence-corrected chi connectivity index (χ3v) is 7.02. The lowest BCUT2D eigenvalue weighted by atomic mass is 10.1. The summed E-state index contributed by atoms with van der Waals surface area (Å²) in [6, 6.07) is 21.6. The van der Waals surface area contributed by atoms with E-state index in [4.69, 9.17) is 9.47 Å². The molecule has 36 heavy (non-hydrogen) atoms.